The van der Waals surface area contributed by atoms with Gasteiger partial charge in [0.25, 0.3) is 5.56 Å². The minimum Gasteiger partial charge on any atom is -0.321 e. The average molecular weight is 455 g/mol. The van der Waals surface area contributed by atoms with Crippen molar-refractivity contribution in [1.82, 2.24) is 19.1 Å². The quantitative estimate of drug-likeness (QED) is 0.434. The second kappa shape index (κ2) is 8.26. The molecule has 0 radical (unpaired) electrons. The Bertz CT molecular complexity index is 1340. The number of nitrogens with one attached hydrogen (secondary N) is 1. The van der Waals surface area contributed by atoms with Gasteiger partial charge < -0.3 is 9.88 Å². The van der Waals surface area contributed by atoms with E-state index in [4.69, 9.17) is 0 Å². The largest absolute Gasteiger partial charge is 0.321 e. The summed E-state index contributed by atoms with van der Waals surface area (Å²) in [6.07, 6.45) is 0.541. The van der Waals surface area contributed by atoms with Crippen LogP contribution in [0.15, 0.2) is 40.0 Å². The molecule has 170 valence electrons. The van der Waals surface area contributed by atoms with E-state index in [0.29, 0.717) is 35.3 Å². The number of pyridine rings is 1. The van der Waals surface area contributed by atoms with Crippen LogP contribution in [0.4, 0.5) is 0 Å². The lowest BCUT2D eigenvalue weighted by Crippen LogP contribution is -2.50. The minimum atomic E-state index is -3.60. The average Bonchev–Trinajstić information content (AvgIpc) is 3.19. The Morgan fingerprint density at radius 3 is 2.47 bits per heavy atom. The molecule has 2 aromatic carbocycles. The van der Waals surface area contributed by atoms with Crippen molar-refractivity contribution in [1.29, 1.82) is 0 Å². The summed E-state index contributed by atoms with van der Waals surface area (Å²) in [5.74, 6) is 0. The Morgan fingerprint density at radius 2 is 1.75 bits per heavy atom. The zero-order chi connectivity index (χ0) is 22.5. The molecule has 8 heteroatoms. The summed E-state index contributed by atoms with van der Waals surface area (Å²) in [6.45, 7) is 10.9. The molecule has 0 amide bonds. The molecular formula is C24H30N4O3S. The van der Waals surface area contributed by atoms with Gasteiger partial charge in [-0.3, -0.25) is 9.69 Å². The van der Waals surface area contributed by atoms with Crippen LogP contribution in [0.25, 0.3) is 21.7 Å². The maximum absolute atomic E-state index is 13.7. The van der Waals surface area contributed by atoms with E-state index in [-0.39, 0.29) is 5.56 Å². The van der Waals surface area contributed by atoms with E-state index in [2.05, 4.69) is 28.6 Å². The van der Waals surface area contributed by atoms with Crippen molar-refractivity contribution in [2.24, 2.45) is 0 Å². The highest BCUT2D eigenvalue weighted by molar-refractivity contribution is 7.89. The van der Waals surface area contributed by atoms with Gasteiger partial charge in [0, 0.05) is 67.4 Å². The molecule has 2 heterocycles. The van der Waals surface area contributed by atoms with Gasteiger partial charge in [0.2, 0.25) is 10.0 Å². The third-order valence-electron chi connectivity index (χ3n) is 7.11. The Balaban J connectivity index is 1.42. The van der Waals surface area contributed by atoms with Crippen molar-refractivity contribution in [2.75, 3.05) is 52.4 Å². The standard InChI is InChI=1S/C24H30N4O3S/c1-3-26(4-2)10-11-27-12-14-28(15-13-27)32(30,31)21-9-8-20-23-19(21)16-17-6-5-7-18(22(17)23)24(29)25-20/h5-9H,3-4,10-16H2,1-2H3,(H,25,29). The van der Waals surface area contributed by atoms with Crippen LogP contribution in [0, 0.1) is 0 Å². The summed E-state index contributed by atoms with van der Waals surface area (Å²) < 4.78 is 28.9. The first-order chi connectivity index (χ1) is 15.4. The summed E-state index contributed by atoms with van der Waals surface area (Å²) in [7, 11) is -3.60. The number of sulfonamides is 1. The predicted octanol–water partition coefficient (Wildman–Crippen LogP) is 2.23. The van der Waals surface area contributed by atoms with E-state index < -0.39 is 10.0 Å². The summed E-state index contributed by atoms with van der Waals surface area (Å²) in [4.78, 5) is 20.5. The van der Waals surface area contributed by atoms with Crippen LogP contribution in [0.5, 0.6) is 0 Å². The SMILES string of the molecule is CCN(CC)CCN1CCN(S(=O)(=O)c2ccc3[nH]c(=O)c4cccc5c4c3c2C5)CC1. The van der Waals surface area contributed by atoms with Gasteiger partial charge in [-0.25, -0.2) is 8.42 Å². The molecule has 2 aliphatic rings. The molecule has 1 aromatic heterocycles. The molecule has 0 spiro atoms. The Morgan fingerprint density at radius 1 is 1.00 bits per heavy atom. The van der Waals surface area contributed by atoms with E-state index in [1.807, 2.05) is 18.2 Å². The lowest BCUT2D eigenvalue weighted by Gasteiger charge is -2.35. The maximum Gasteiger partial charge on any atom is 0.256 e. The Labute approximate surface area is 188 Å². The molecule has 5 rings (SSSR count). The van der Waals surface area contributed by atoms with Crippen LogP contribution in [0.1, 0.15) is 25.0 Å². The number of piperazine rings is 1. The number of likely N-dealkylation sites (N-methyl/N-ethyl adjacent to an activating group) is 1. The van der Waals surface area contributed by atoms with Gasteiger partial charge in [0.05, 0.1) is 4.90 Å². The molecule has 1 aliphatic heterocycles. The fourth-order valence-electron chi connectivity index (χ4n) is 5.20. The molecule has 3 aromatic rings. The molecule has 1 fully saturated rings. The van der Waals surface area contributed by atoms with E-state index in [0.717, 1.165) is 61.2 Å². The zero-order valence-corrected chi connectivity index (χ0v) is 19.5. The topological polar surface area (TPSA) is 76.7 Å². The fraction of sp³-hybridized carbons (Fsp3) is 0.458. The molecule has 0 bridgehead atoms. The lowest BCUT2D eigenvalue weighted by molar-refractivity contribution is 0.163. The van der Waals surface area contributed by atoms with Crippen molar-refractivity contribution in [3.63, 3.8) is 0 Å². The van der Waals surface area contributed by atoms with Crippen molar-refractivity contribution < 1.29 is 8.42 Å². The van der Waals surface area contributed by atoms with Crippen molar-refractivity contribution in [3.8, 4) is 0 Å². The number of hydrogen-bond donors (Lipinski definition) is 1. The summed E-state index contributed by atoms with van der Waals surface area (Å²) in [6, 6.07) is 9.09. The third kappa shape index (κ3) is 3.46. The van der Waals surface area contributed by atoms with E-state index >= 15 is 0 Å². The van der Waals surface area contributed by atoms with Crippen LogP contribution in [0.3, 0.4) is 0 Å². The molecule has 7 nitrogen and oxygen atoms in total. The minimum absolute atomic E-state index is 0.126. The van der Waals surface area contributed by atoms with Crippen LogP contribution < -0.4 is 5.56 Å². The van der Waals surface area contributed by atoms with E-state index in [1.165, 1.54) is 0 Å². The Kier molecular flexibility index (Phi) is 5.57. The highest BCUT2D eigenvalue weighted by Gasteiger charge is 2.33. The van der Waals surface area contributed by atoms with Crippen LogP contribution >= 0.6 is 0 Å². The normalized spacial score (nSPS) is 17.3. The van der Waals surface area contributed by atoms with Crippen LogP contribution in [-0.4, -0.2) is 79.9 Å². The van der Waals surface area contributed by atoms with Crippen LogP contribution in [-0.2, 0) is 16.4 Å². The second-order valence-electron chi connectivity index (χ2n) is 8.71. The summed E-state index contributed by atoms with van der Waals surface area (Å²) >= 11 is 0. The van der Waals surface area contributed by atoms with Crippen LogP contribution in [0.2, 0.25) is 0 Å². The number of hydrogen-bond acceptors (Lipinski definition) is 5. The smallest absolute Gasteiger partial charge is 0.256 e. The Hall–Kier alpha value is -2.26. The first-order valence-electron chi connectivity index (χ1n) is 11.5. The number of H-pyrrole nitrogens is 1. The van der Waals surface area contributed by atoms with Gasteiger partial charge in [-0.2, -0.15) is 4.31 Å². The number of aromatic amines is 1. The molecule has 1 aliphatic carbocycles. The van der Waals surface area contributed by atoms with Crippen molar-refractivity contribution >= 4 is 31.7 Å². The highest BCUT2D eigenvalue weighted by atomic mass is 32.2. The van der Waals surface area contributed by atoms with Gasteiger partial charge in [-0.15, -0.1) is 0 Å². The highest BCUT2D eigenvalue weighted by Crippen LogP contribution is 2.39. The number of aromatic nitrogens is 1. The first kappa shape index (κ1) is 21.6. The fourth-order valence-corrected chi connectivity index (χ4v) is 6.85. The number of benzene rings is 2. The zero-order valence-electron chi connectivity index (χ0n) is 18.7. The molecule has 1 N–H and O–H groups in total. The molecule has 0 saturated carbocycles. The summed E-state index contributed by atoms with van der Waals surface area (Å²) in [5, 5.41) is 2.42. The molecule has 32 heavy (non-hydrogen) atoms. The van der Waals surface area contributed by atoms with E-state index in [9.17, 15) is 13.2 Å². The summed E-state index contributed by atoms with van der Waals surface area (Å²) in [5.41, 5.74) is 2.42. The lowest BCUT2D eigenvalue weighted by atomic mass is 10.1. The van der Waals surface area contributed by atoms with Gasteiger partial charge in [0.15, 0.2) is 0 Å². The molecule has 0 atom stereocenters. The second-order valence-corrected chi connectivity index (χ2v) is 10.6. The van der Waals surface area contributed by atoms with Crippen molar-refractivity contribution in [2.45, 2.75) is 25.2 Å². The number of nitrogens with zero attached hydrogens (tertiary/aromatic N) is 3. The maximum atomic E-state index is 13.7. The van der Waals surface area contributed by atoms with E-state index in [1.54, 1.807) is 16.4 Å². The number of rotatable bonds is 7. The van der Waals surface area contributed by atoms with Gasteiger partial charge in [-0.1, -0.05) is 26.0 Å². The predicted molar refractivity (Wildman–Crippen MR) is 128 cm³/mol. The monoisotopic (exact) mass is 454 g/mol. The van der Waals surface area contributed by atoms with Gasteiger partial charge in [0.1, 0.15) is 0 Å². The third-order valence-corrected chi connectivity index (χ3v) is 9.09. The first-order valence-corrected chi connectivity index (χ1v) is 12.9. The van der Waals surface area contributed by atoms with Gasteiger partial charge in [-0.05, 0) is 42.4 Å². The molecular weight excluding hydrogens is 424 g/mol. The van der Waals surface area contributed by atoms with Crippen molar-refractivity contribution in [3.05, 3.63) is 51.8 Å². The van der Waals surface area contributed by atoms with Gasteiger partial charge >= 0.3 is 0 Å². The molecule has 1 saturated heterocycles. The molecule has 0 unspecified atom stereocenters.